The van der Waals surface area contributed by atoms with Crippen molar-refractivity contribution >= 4 is 5.91 Å². The molecule has 0 aliphatic carbocycles. The second-order valence-electron chi connectivity index (χ2n) is 5.24. The summed E-state index contributed by atoms with van der Waals surface area (Å²) < 4.78 is 13.1. The Morgan fingerprint density at radius 1 is 1.50 bits per heavy atom. The molecule has 0 bridgehead atoms. The highest BCUT2D eigenvalue weighted by atomic mass is 19.1. The fourth-order valence-corrected chi connectivity index (χ4v) is 2.47. The Kier molecular flexibility index (Phi) is 3.39. The maximum absolute atomic E-state index is 13.1. The van der Waals surface area contributed by atoms with Crippen molar-refractivity contribution in [2.45, 2.75) is 32.2 Å². The van der Waals surface area contributed by atoms with Gasteiger partial charge in [0, 0.05) is 18.7 Å². The number of carbonyl (C=O) groups is 1. The van der Waals surface area contributed by atoms with E-state index in [-0.39, 0.29) is 17.3 Å². The van der Waals surface area contributed by atoms with Crippen LogP contribution in [-0.4, -0.2) is 29.4 Å². The Hall–Kier alpha value is -1.42. The molecule has 1 amide bonds. The third kappa shape index (κ3) is 2.38. The molecule has 18 heavy (non-hydrogen) atoms. The molecular formula is C14H19FN2O. The Morgan fingerprint density at radius 3 is 2.72 bits per heavy atom. The number of halogens is 1. The zero-order valence-electron chi connectivity index (χ0n) is 10.9. The predicted molar refractivity (Wildman–Crippen MR) is 68.9 cm³/mol. The molecule has 3 nitrogen and oxygen atoms in total. The number of likely N-dealkylation sites (tertiary alicyclic amines) is 1. The zero-order chi connectivity index (χ0) is 13.3. The molecule has 0 spiro atoms. The SMILES string of the molecule is CCCC1(N)CN(C(=O)c2ccc(F)c(C)c2)C1. The average molecular weight is 250 g/mol. The van der Waals surface area contributed by atoms with Gasteiger partial charge in [-0.15, -0.1) is 0 Å². The molecule has 0 unspecified atom stereocenters. The highest BCUT2D eigenvalue weighted by Crippen LogP contribution is 2.25. The van der Waals surface area contributed by atoms with E-state index in [1.807, 2.05) is 0 Å². The van der Waals surface area contributed by atoms with Crippen molar-refractivity contribution in [3.63, 3.8) is 0 Å². The van der Waals surface area contributed by atoms with Crippen LogP contribution in [0.4, 0.5) is 4.39 Å². The predicted octanol–water partition coefficient (Wildman–Crippen LogP) is 2.09. The summed E-state index contributed by atoms with van der Waals surface area (Å²) in [5.41, 5.74) is 6.93. The van der Waals surface area contributed by atoms with Gasteiger partial charge in [0.05, 0.1) is 5.54 Å². The number of hydrogen-bond donors (Lipinski definition) is 1. The molecule has 1 aromatic carbocycles. The molecule has 0 aromatic heterocycles. The van der Waals surface area contributed by atoms with Crippen molar-refractivity contribution in [1.29, 1.82) is 0 Å². The zero-order valence-corrected chi connectivity index (χ0v) is 10.9. The molecule has 1 saturated heterocycles. The van der Waals surface area contributed by atoms with Gasteiger partial charge in [-0.2, -0.15) is 0 Å². The highest BCUT2D eigenvalue weighted by molar-refractivity contribution is 5.95. The molecular weight excluding hydrogens is 231 g/mol. The van der Waals surface area contributed by atoms with Crippen molar-refractivity contribution in [2.24, 2.45) is 5.73 Å². The summed E-state index contributed by atoms with van der Waals surface area (Å²) in [4.78, 5) is 13.9. The van der Waals surface area contributed by atoms with Gasteiger partial charge >= 0.3 is 0 Å². The third-order valence-corrected chi connectivity index (χ3v) is 3.45. The fourth-order valence-electron chi connectivity index (χ4n) is 2.47. The Labute approximate surface area is 107 Å². The van der Waals surface area contributed by atoms with E-state index in [4.69, 9.17) is 5.73 Å². The maximum Gasteiger partial charge on any atom is 0.253 e. The summed E-state index contributed by atoms with van der Waals surface area (Å²) >= 11 is 0. The quantitative estimate of drug-likeness (QED) is 0.892. The highest BCUT2D eigenvalue weighted by Gasteiger charge is 2.41. The van der Waals surface area contributed by atoms with Crippen LogP contribution in [0.1, 0.15) is 35.7 Å². The van der Waals surface area contributed by atoms with Crippen molar-refractivity contribution in [3.8, 4) is 0 Å². The number of nitrogens with two attached hydrogens (primary N) is 1. The molecule has 1 aliphatic rings. The van der Waals surface area contributed by atoms with Crippen molar-refractivity contribution in [2.75, 3.05) is 13.1 Å². The number of carbonyl (C=O) groups excluding carboxylic acids is 1. The van der Waals surface area contributed by atoms with Crippen LogP contribution in [0.5, 0.6) is 0 Å². The minimum Gasteiger partial charge on any atom is -0.335 e. The topological polar surface area (TPSA) is 46.3 Å². The minimum atomic E-state index is -0.283. The van der Waals surface area contributed by atoms with Gasteiger partial charge in [-0.05, 0) is 37.1 Å². The lowest BCUT2D eigenvalue weighted by Crippen LogP contribution is -2.68. The Bertz CT molecular complexity index is 467. The van der Waals surface area contributed by atoms with Crippen LogP contribution in [0.2, 0.25) is 0 Å². The normalized spacial score (nSPS) is 17.4. The molecule has 1 aromatic rings. The number of aryl methyl sites for hydroxylation is 1. The molecule has 4 heteroatoms. The van der Waals surface area contributed by atoms with Crippen molar-refractivity contribution < 1.29 is 9.18 Å². The van der Waals surface area contributed by atoms with Gasteiger partial charge in [-0.25, -0.2) is 4.39 Å². The number of rotatable bonds is 3. The standard InChI is InChI=1S/C14H19FN2O/c1-3-6-14(16)8-17(9-14)13(18)11-4-5-12(15)10(2)7-11/h4-5,7H,3,6,8-9,16H2,1-2H3. The molecule has 0 atom stereocenters. The van der Waals surface area contributed by atoms with E-state index in [0.717, 1.165) is 12.8 Å². The van der Waals surface area contributed by atoms with Gasteiger partial charge in [-0.3, -0.25) is 4.79 Å². The van der Waals surface area contributed by atoms with Gasteiger partial charge < -0.3 is 10.6 Å². The second-order valence-corrected chi connectivity index (χ2v) is 5.24. The summed E-state index contributed by atoms with van der Waals surface area (Å²) in [6.07, 6.45) is 1.95. The molecule has 0 radical (unpaired) electrons. The fraction of sp³-hybridized carbons (Fsp3) is 0.500. The largest absolute Gasteiger partial charge is 0.335 e. The first-order valence-corrected chi connectivity index (χ1v) is 6.29. The first kappa shape index (κ1) is 13.0. The van der Waals surface area contributed by atoms with E-state index in [2.05, 4.69) is 6.92 Å². The molecule has 2 rings (SSSR count). The number of hydrogen-bond acceptors (Lipinski definition) is 2. The van der Waals surface area contributed by atoms with E-state index in [0.29, 0.717) is 24.2 Å². The first-order chi connectivity index (χ1) is 8.45. The molecule has 98 valence electrons. The van der Waals surface area contributed by atoms with Crippen LogP contribution in [0.3, 0.4) is 0 Å². The number of nitrogens with zero attached hydrogens (tertiary/aromatic N) is 1. The maximum atomic E-state index is 13.1. The monoisotopic (exact) mass is 250 g/mol. The first-order valence-electron chi connectivity index (χ1n) is 6.29. The summed E-state index contributed by atoms with van der Waals surface area (Å²) in [6, 6.07) is 4.46. The van der Waals surface area contributed by atoms with Crippen LogP contribution >= 0.6 is 0 Å². The number of amides is 1. The van der Waals surface area contributed by atoms with E-state index in [1.165, 1.54) is 12.1 Å². The third-order valence-electron chi connectivity index (χ3n) is 3.45. The van der Waals surface area contributed by atoms with Crippen molar-refractivity contribution in [1.82, 2.24) is 4.90 Å². The van der Waals surface area contributed by atoms with Crippen LogP contribution in [0.25, 0.3) is 0 Å². The lowest BCUT2D eigenvalue weighted by atomic mass is 9.86. The van der Waals surface area contributed by atoms with E-state index >= 15 is 0 Å². The molecule has 1 fully saturated rings. The summed E-state index contributed by atoms with van der Waals surface area (Å²) in [5.74, 6) is -0.343. The summed E-state index contributed by atoms with van der Waals surface area (Å²) in [5, 5.41) is 0. The van der Waals surface area contributed by atoms with E-state index in [1.54, 1.807) is 17.9 Å². The van der Waals surface area contributed by atoms with E-state index < -0.39 is 0 Å². The molecule has 0 saturated carbocycles. The lowest BCUT2D eigenvalue weighted by molar-refractivity contribution is 0.0386. The minimum absolute atomic E-state index is 0.0599. The summed E-state index contributed by atoms with van der Waals surface area (Å²) in [7, 11) is 0. The van der Waals surface area contributed by atoms with Gasteiger partial charge in [-0.1, -0.05) is 13.3 Å². The van der Waals surface area contributed by atoms with Crippen molar-refractivity contribution in [3.05, 3.63) is 35.1 Å². The van der Waals surface area contributed by atoms with Gasteiger partial charge in [0.25, 0.3) is 5.91 Å². The van der Waals surface area contributed by atoms with Crippen LogP contribution in [0, 0.1) is 12.7 Å². The Morgan fingerprint density at radius 2 is 2.17 bits per heavy atom. The average Bonchev–Trinajstić information content (AvgIpc) is 2.29. The van der Waals surface area contributed by atoms with Crippen LogP contribution < -0.4 is 5.73 Å². The smallest absolute Gasteiger partial charge is 0.253 e. The summed E-state index contributed by atoms with van der Waals surface area (Å²) in [6.45, 7) is 4.93. The molecule has 1 aliphatic heterocycles. The second kappa shape index (κ2) is 4.69. The van der Waals surface area contributed by atoms with Gasteiger partial charge in [0.15, 0.2) is 0 Å². The van der Waals surface area contributed by atoms with Gasteiger partial charge in [0.2, 0.25) is 0 Å². The van der Waals surface area contributed by atoms with E-state index in [9.17, 15) is 9.18 Å². The van der Waals surface area contributed by atoms with Gasteiger partial charge in [0.1, 0.15) is 5.82 Å². The number of benzene rings is 1. The Balaban J connectivity index is 2.03. The van der Waals surface area contributed by atoms with Crippen LogP contribution in [0.15, 0.2) is 18.2 Å². The van der Waals surface area contributed by atoms with Crippen LogP contribution in [-0.2, 0) is 0 Å². The molecule has 2 N–H and O–H groups in total. The molecule has 1 heterocycles. The lowest BCUT2D eigenvalue weighted by Gasteiger charge is -2.47.